The Hall–Kier alpha value is -2.02. The van der Waals surface area contributed by atoms with Crippen LogP contribution in [0.1, 0.15) is 12.8 Å². The second kappa shape index (κ2) is 7.12. The molecule has 0 fully saturated rings. The number of nitrogens with zero attached hydrogens (tertiary/aromatic N) is 2. The van der Waals surface area contributed by atoms with Crippen LogP contribution in [0.15, 0.2) is 28.8 Å². The first kappa shape index (κ1) is 15.4. The zero-order chi connectivity index (χ0) is 15.2. The smallest absolute Gasteiger partial charge is 0.307 e. The molecule has 1 N–H and O–H groups in total. The van der Waals surface area contributed by atoms with E-state index < -0.39 is 5.97 Å². The van der Waals surface area contributed by atoms with Gasteiger partial charge >= 0.3 is 5.97 Å². The first-order chi connectivity index (χ1) is 10.1. The molecule has 0 amide bonds. The van der Waals surface area contributed by atoms with Crippen LogP contribution in [-0.2, 0) is 10.5 Å². The van der Waals surface area contributed by atoms with Gasteiger partial charge in [-0.1, -0.05) is 12.1 Å². The molecular formula is C14H16N2O4S. The molecule has 0 aliphatic rings. The van der Waals surface area contributed by atoms with Crippen molar-refractivity contribution < 1.29 is 19.2 Å². The lowest BCUT2D eigenvalue weighted by atomic mass is 10.2. The number of ether oxygens (including phenoxy) is 1. The normalized spacial score (nSPS) is 12.1. The van der Waals surface area contributed by atoms with Gasteiger partial charge in [0.25, 0.3) is 0 Å². The molecule has 2 aromatic rings. The molecule has 0 saturated heterocycles. The van der Waals surface area contributed by atoms with Crippen molar-refractivity contribution in [2.24, 2.45) is 5.92 Å². The number of carboxylic acid groups (broad SMARTS) is 1. The fraction of sp³-hybridized carbons (Fsp3) is 0.357. The monoisotopic (exact) mass is 308 g/mol. The first-order valence-corrected chi connectivity index (χ1v) is 7.53. The number of thioether (sulfide) groups is 1. The minimum absolute atomic E-state index is 0.390. The molecule has 0 spiro atoms. The van der Waals surface area contributed by atoms with Crippen molar-refractivity contribution >= 4 is 17.7 Å². The summed E-state index contributed by atoms with van der Waals surface area (Å²) in [6.07, 6.45) is 0. The third kappa shape index (κ3) is 4.22. The van der Waals surface area contributed by atoms with Crippen LogP contribution >= 0.6 is 11.8 Å². The van der Waals surface area contributed by atoms with Crippen LogP contribution in [0.25, 0.3) is 11.4 Å². The van der Waals surface area contributed by atoms with Gasteiger partial charge in [-0.05, 0) is 24.3 Å². The summed E-state index contributed by atoms with van der Waals surface area (Å²) in [6.45, 7) is 1.67. The van der Waals surface area contributed by atoms with Gasteiger partial charge in [-0.25, -0.2) is 0 Å². The van der Waals surface area contributed by atoms with E-state index in [1.165, 1.54) is 11.8 Å². The lowest BCUT2D eigenvalue weighted by Gasteiger charge is -2.02. The Morgan fingerprint density at radius 2 is 2.14 bits per heavy atom. The number of carbonyl (C=O) groups is 1. The number of hydrogen-bond acceptors (Lipinski definition) is 6. The lowest BCUT2D eigenvalue weighted by molar-refractivity contribution is -0.140. The predicted octanol–water partition coefficient (Wildman–Crippen LogP) is 2.70. The Kier molecular flexibility index (Phi) is 5.21. The number of aliphatic carboxylic acids is 1. The average molecular weight is 308 g/mol. The Morgan fingerprint density at radius 1 is 1.43 bits per heavy atom. The maximum absolute atomic E-state index is 10.7. The van der Waals surface area contributed by atoms with Gasteiger partial charge in [0.05, 0.1) is 18.8 Å². The van der Waals surface area contributed by atoms with Crippen molar-refractivity contribution in [3.8, 4) is 17.1 Å². The Morgan fingerprint density at radius 3 is 2.76 bits per heavy atom. The van der Waals surface area contributed by atoms with Crippen molar-refractivity contribution in [1.29, 1.82) is 0 Å². The van der Waals surface area contributed by atoms with Crippen LogP contribution < -0.4 is 4.74 Å². The van der Waals surface area contributed by atoms with Gasteiger partial charge in [-0.3, -0.25) is 4.79 Å². The highest BCUT2D eigenvalue weighted by atomic mass is 32.2. The van der Waals surface area contributed by atoms with Gasteiger partial charge < -0.3 is 14.4 Å². The maximum Gasteiger partial charge on any atom is 0.307 e. The molecule has 21 heavy (non-hydrogen) atoms. The highest BCUT2D eigenvalue weighted by molar-refractivity contribution is 7.98. The van der Waals surface area contributed by atoms with Crippen LogP contribution in [0.4, 0.5) is 0 Å². The molecule has 0 bridgehead atoms. The highest BCUT2D eigenvalue weighted by Crippen LogP contribution is 2.21. The van der Waals surface area contributed by atoms with Gasteiger partial charge in [0.2, 0.25) is 11.7 Å². The van der Waals surface area contributed by atoms with Gasteiger partial charge in [0.15, 0.2) is 0 Å². The van der Waals surface area contributed by atoms with Crippen molar-refractivity contribution in [2.45, 2.75) is 12.7 Å². The van der Waals surface area contributed by atoms with Crippen LogP contribution in [0.3, 0.4) is 0 Å². The minimum Gasteiger partial charge on any atom is -0.497 e. The van der Waals surface area contributed by atoms with E-state index in [4.69, 9.17) is 14.4 Å². The first-order valence-electron chi connectivity index (χ1n) is 6.37. The predicted molar refractivity (Wildman–Crippen MR) is 79.2 cm³/mol. The van der Waals surface area contributed by atoms with E-state index in [0.717, 1.165) is 11.3 Å². The summed E-state index contributed by atoms with van der Waals surface area (Å²) in [6, 6.07) is 7.36. The summed E-state index contributed by atoms with van der Waals surface area (Å²) in [4.78, 5) is 15.0. The Labute approximate surface area is 126 Å². The molecule has 2 rings (SSSR count). The van der Waals surface area contributed by atoms with E-state index in [1.54, 1.807) is 14.0 Å². The lowest BCUT2D eigenvalue weighted by Crippen LogP contribution is -2.11. The van der Waals surface area contributed by atoms with Crippen molar-refractivity contribution in [1.82, 2.24) is 10.1 Å². The quantitative estimate of drug-likeness (QED) is 0.841. The molecule has 112 valence electrons. The van der Waals surface area contributed by atoms with E-state index in [0.29, 0.717) is 23.2 Å². The molecule has 0 aliphatic carbocycles. The second-order valence-electron chi connectivity index (χ2n) is 4.49. The van der Waals surface area contributed by atoms with Crippen LogP contribution in [0, 0.1) is 5.92 Å². The molecule has 0 aliphatic heterocycles. The molecule has 0 radical (unpaired) electrons. The largest absolute Gasteiger partial charge is 0.497 e. The summed E-state index contributed by atoms with van der Waals surface area (Å²) in [5.74, 6) is 1.59. The molecule has 1 heterocycles. The summed E-state index contributed by atoms with van der Waals surface area (Å²) >= 11 is 1.46. The zero-order valence-corrected chi connectivity index (χ0v) is 12.6. The average Bonchev–Trinajstić information content (AvgIpc) is 2.96. The van der Waals surface area contributed by atoms with Crippen LogP contribution in [-0.4, -0.2) is 34.1 Å². The van der Waals surface area contributed by atoms with Gasteiger partial charge in [-0.2, -0.15) is 16.7 Å². The van der Waals surface area contributed by atoms with E-state index in [9.17, 15) is 4.79 Å². The van der Waals surface area contributed by atoms with Gasteiger partial charge in [-0.15, -0.1) is 0 Å². The van der Waals surface area contributed by atoms with E-state index in [2.05, 4.69) is 10.1 Å². The number of methoxy groups -OCH3 is 1. The van der Waals surface area contributed by atoms with E-state index >= 15 is 0 Å². The summed E-state index contributed by atoms with van der Waals surface area (Å²) in [5, 5.41) is 12.7. The Bertz CT molecular complexity index is 597. The second-order valence-corrected chi connectivity index (χ2v) is 5.52. The van der Waals surface area contributed by atoms with Crippen LogP contribution in [0.5, 0.6) is 5.75 Å². The zero-order valence-electron chi connectivity index (χ0n) is 11.8. The molecule has 1 aromatic carbocycles. The summed E-state index contributed by atoms with van der Waals surface area (Å²) < 4.78 is 10.2. The molecular weight excluding hydrogens is 292 g/mol. The van der Waals surface area contributed by atoms with E-state index in [1.807, 2.05) is 24.3 Å². The number of aromatic nitrogens is 2. The fourth-order valence-corrected chi connectivity index (χ4v) is 2.47. The SMILES string of the molecule is COc1ccc(-c2noc(CSCC(C)C(=O)O)n2)cc1. The topological polar surface area (TPSA) is 85.5 Å². The van der Waals surface area contributed by atoms with Crippen molar-refractivity contribution in [2.75, 3.05) is 12.9 Å². The molecule has 1 unspecified atom stereocenters. The van der Waals surface area contributed by atoms with Gasteiger partial charge in [0.1, 0.15) is 5.75 Å². The molecule has 0 saturated carbocycles. The van der Waals surface area contributed by atoms with Crippen molar-refractivity contribution in [3.05, 3.63) is 30.2 Å². The maximum atomic E-state index is 10.7. The van der Waals surface area contributed by atoms with Crippen molar-refractivity contribution in [3.63, 3.8) is 0 Å². The Balaban J connectivity index is 1.93. The summed E-state index contributed by atoms with van der Waals surface area (Å²) in [5.41, 5.74) is 0.842. The number of carboxylic acids is 1. The molecule has 6 nitrogen and oxygen atoms in total. The standard InChI is InChI=1S/C14H16N2O4S/c1-9(14(17)18)7-21-8-12-15-13(16-20-12)10-3-5-11(19-2)6-4-10/h3-6,9H,7-8H2,1-2H3,(H,17,18). The minimum atomic E-state index is -0.799. The summed E-state index contributed by atoms with van der Waals surface area (Å²) in [7, 11) is 1.61. The fourth-order valence-electron chi connectivity index (χ4n) is 1.57. The molecule has 7 heteroatoms. The van der Waals surface area contributed by atoms with Gasteiger partial charge in [0, 0.05) is 11.3 Å². The van der Waals surface area contributed by atoms with Crippen LogP contribution in [0.2, 0.25) is 0 Å². The third-order valence-electron chi connectivity index (χ3n) is 2.83. The number of hydrogen-bond donors (Lipinski definition) is 1. The highest BCUT2D eigenvalue weighted by Gasteiger charge is 2.13. The third-order valence-corrected chi connectivity index (χ3v) is 4.02. The number of rotatable bonds is 7. The number of benzene rings is 1. The molecule has 1 atom stereocenters. The molecule has 1 aromatic heterocycles. The van der Waals surface area contributed by atoms with E-state index in [-0.39, 0.29) is 5.92 Å².